The fraction of sp³-hybridized carbons (Fsp3) is 0.333. The third kappa shape index (κ3) is 11.4. The fourth-order valence-corrected chi connectivity index (χ4v) is 6.14. The molecule has 49 heavy (non-hydrogen) atoms. The molecule has 0 aliphatic carbocycles. The molecule has 4 heteroatoms. The van der Waals surface area contributed by atoms with Crippen molar-refractivity contribution in [2.45, 2.75) is 99.6 Å². The van der Waals surface area contributed by atoms with Gasteiger partial charge in [0.05, 0.1) is 0 Å². The first kappa shape index (κ1) is 41.2. The number of benzene rings is 4. The summed E-state index contributed by atoms with van der Waals surface area (Å²) in [5.41, 5.74) is 13.9. The van der Waals surface area contributed by atoms with Crippen LogP contribution in [0.15, 0.2) is 97.1 Å². The molecule has 256 valence electrons. The average molecular weight is 785 g/mol. The average Bonchev–Trinajstić information content (AvgIpc) is 3.63. The molecule has 0 spiro atoms. The summed E-state index contributed by atoms with van der Waals surface area (Å²) in [5.74, 6) is 0. The van der Waals surface area contributed by atoms with Crippen LogP contribution in [0.3, 0.4) is 0 Å². The molecule has 0 aliphatic rings. The van der Waals surface area contributed by atoms with Crippen LogP contribution in [0.1, 0.15) is 81.8 Å². The summed E-state index contributed by atoms with van der Waals surface area (Å²) in [5, 5.41) is 5.46. The number of hydrogen-bond acceptors (Lipinski definition) is 0. The zero-order valence-corrected chi connectivity index (χ0v) is 36.7. The standard InChI is InChI=1S/C22H25.C21H23.C2H6Si.2ClH.Zr/c1-6-16-13-18-11-15(2)12-20(21(18)14-16)17-7-9-19(10-8-17)22(3,4)5;1-14-10-17-11-15(2)13-20(17)19(12-14)16-6-8-18(9-7-16)21(3,4)5;1-3-2;;;/h7-14H,6H2,1-5H3;6-13H,1-5H3;1-2H3;2*1H;/q2*-1;;;;+4/p-2. The number of aryl methyl sites for hydroxylation is 4. The van der Waals surface area contributed by atoms with Gasteiger partial charge in [0.1, 0.15) is 0 Å². The van der Waals surface area contributed by atoms with Gasteiger partial charge in [-0.2, -0.15) is 12.1 Å². The molecule has 0 saturated heterocycles. The van der Waals surface area contributed by atoms with Gasteiger partial charge in [-0.15, -0.1) is 56.9 Å². The van der Waals surface area contributed by atoms with E-state index in [1.807, 2.05) is 0 Å². The van der Waals surface area contributed by atoms with Gasteiger partial charge in [0.25, 0.3) is 0 Å². The molecule has 0 unspecified atom stereocenters. The van der Waals surface area contributed by atoms with Crippen molar-refractivity contribution in [1.82, 2.24) is 0 Å². The summed E-state index contributed by atoms with van der Waals surface area (Å²) < 4.78 is 0. The van der Waals surface area contributed by atoms with Crippen molar-refractivity contribution in [2.24, 2.45) is 0 Å². The molecule has 6 aromatic rings. The van der Waals surface area contributed by atoms with Crippen LogP contribution in [0.5, 0.6) is 0 Å². The predicted octanol–water partition coefficient (Wildman–Crippen LogP) is 14.7. The molecule has 6 aromatic carbocycles. The van der Waals surface area contributed by atoms with Gasteiger partial charge >= 0.3 is 37.9 Å². The summed E-state index contributed by atoms with van der Waals surface area (Å²) >= 11 is -0.826. The van der Waals surface area contributed by atoms with Crippen molar-refractivity contribution in [3.05, 3.63) is 130 Å². The van der Waals surface area contributed by atoms with Crippen LogP contribution >= 0.6 is 17.0 Å². The first-order valence-corrected chi connectivity index (χ1v) is 25.5. The van der Waals surface area contributed by atoms with Gasteiger partial charge in [0.2, 0.25) is 0 Å². The molecule has 0 fully saturated rings. The van der Waals surface area contributed by atoms with Crippen molar-refractivity contribution < 1.29 is 20.8 Å². The van der Waals surface area contributed by atoms with E-state index in [-0.39, 0.29) is 10.8 Å². The first-order valence-electron chi connectivity index (χ1n) is 17.2. The van der Waals surface area contributed by atoms with Crippen molar-refractivity contribution in [2.75, 3.05) is 0 Å². The SMILES string of the molecule is CCc1cc2c(-c3ccc(C(C)(C)C)cc3)cc(C)cc2[cH-]1.C[Si]C.Cc1cc(-c2ccc(C(C)(C)C)cc2)c2cc(C)[cH-]c2c1.[Cl][Zr+2][Cl]. The Morgan fingerprint density at radius 2 is 0.959 bits per heavy atom. The summed E-state index contributed by atoms with van der Waals surface area (Å²) in [6.45, 7) is 26.6. The van der Waals surface area contributed by atoms with Gasteiger partial charge in [0.15, 0.2) is 0 Å². The Bertz CT molecular complexity index is 1910. The summed E-state index contributed by atoms with van der Waals surface area (Å²) in [4.78, 5) is 0. The normalized spacial score (nSPS) is 11.1. The van der Waals surface area contributed by atoms with Crippen LogP contribution in [0.2, 0.25) is 13.1 Å². The second-order valence-electron chi connectivity index (χ2n) is 15.1. The molecule has 0 heterocycles. The van der Waals surface area contributed by atoms with Crippen molar-refractivity contribution in [3.8, 4) is 22.3 Å². The van der Waals surface area contributed by atoms with E-state index >= 15 is 0 Å². The van der Waals surface area contributed by atoms with Crippen LogP contribution < -0.4 is 0 Å². The van der Waals surface area contributed by atoms with E-state index in [0.717, 1.165) is 15.9 Å². The Kier molecular flexibility index (Phi) is 15.4. The second kappa shape index (κ2) is 18.3. The van der Waals surface area contributed by atoms with Crippen LogP contribution in [-0.2, 0) is 38.1 Å². The zero-order valence-electron chi connectivity index (χ0n) is 31.7. The van der Waals surface area contributed by atoms with Gasteiger partial charge in [-0.25, -0.2) is 0 Å². The van der Waals surface area contributed by atoms with Crippen molar-refractivity contribution in [1.29, 1.82) is 0 Å². The first-order chi connectivity index (χ1) is 23.1. The van der Waals surface area contributed by atoms with E-state index in [4.69, 9.17) is 17.0 Å². The van der Waals surface area contributed by atoms with Crippen LogP contribution in [-0.4, -0.2) is 9.52 Å². The number of halogens is 2. The third-order valence-corrected chi connectivity index (χ3v) is 8.67. The molecule has 0 atom stereocenters. The molecule has 0 aliphatic heterocycles. The quantitative estimate of drug-likeness (QED) is 0.124. The van der Waals surface area contributed by atoms with Gasteiger partial charge in [-0.1, -0.05) is 151 Å². The fourth-order valence-electron chi connectivity index (χ4n) is 6.14. The molecule has 0 nitrogen and oxygen atoms in total. The summed E-state index contributed by atoms with van der Waals surface area (Å²) in [6.07, 6.45) is 1.09. The summed E-state index contributed by atoms with van der Waals surface area (Å²) in [7, 11) is 11.0. The van der Waals surface area contributed by atoms with Gasteiger partial charge in [-0.3, -0.25) is 0 Å². The Hall–Kier alpha value is -2.22. The van der Waals surface area contributed by atoms with Crippen LogP contribution in [0.25, 0.3) is 43.8 Å². The molecule has 0 saturated carbocycles. The van der Waals surface area contributed by atoms with Crippen molar-refractivity contribution in [3.63, 3.8) is 0 Å². The minimum absolute atomic E-state index is 0.205. The van der Waals surface area contributed by atoms with E-state index in [9.17, 15) is 0 Å². The monoisotopic (exact) mass is 782 g/mol. The van der Waals surface area contributed by atoms with Gasteiger partial charge in [-0.05, 0) is 53.4 Å². The van der Waals surface area contributed by atoms with E-state index in [1.165, 1.54) is 77.2 Å². The van der Waals surface area contributed by atoms with Crippen LogP contribution in [0, 0.1) is 20.8 Å². The Morgan fingerprint density at radius 3 is 1.33 bits per heavy atom. The molecular formula is C45H54Cl2SiZr. The van der Waals surface area contributed by atoms with E-state index in [1.54, 1.807) is 0 Å². The van der Waals surface area contributed by atoms with E-state index < -0.39 is 20.8 Å². The second-order valence-corrected chi connectivity index (χ2v) is 19.8. The molecule has 0 N–H and O–H groups in total. The molecular weight excluding hydrogens is 731 g/mol. The van der Waals surface area contributed by atoms with E-state index in [0.29, 0.717) is 0 Å². The van der Waals surface area contributed by atoms with Crippen LogP contribution in [0.4, 0.5) is 0 Å². The predicted molar refractivity (Wildman–Crippen MR) is 220 cm³/mol. The Morgan fingerprint density at radius 1 is 0.592 bits per heavy atom. The maximum absolute atomic E-state index is 4.93. The maximum atomic E-state index is 4.93. The Balaban J connectivity index is 0.000000229. The number of hydrogen-bond donors (Lipinski definition) is 0. The number of fused-ring (bicyclic) bond motifs is 2. The number of rotatable bonds is 3. The molecule has 2 radical (unpaired) electrons. The molecule has 6 rings (SSSR count). The third-order valence-electron chi connectivity index (χ3n) is 8.67. The summed E-state index contributed by atoms with van der Waals surface area (Å²) in [6, 6.07) is 36.6. The molecule has 0 bridgehead atoms. The van der Waals surface area contributed by atoms with Gasteiger partial charge < -0.3 is 0 Å². The van der Waals surface area contributed by atoms with E-state index in [2.05, 4.69) is 179 Å². The minimum atomic E-state index is -0.826. The molecule has 0 amide bonds. The topological polar surface area (TPSA) is 0 Å². The molecule has 0 aromatic heterocycles. The van der Waals surface area contributed by atoms with Crippen molar-refractivity contribution >= 4 is 48.1 Å². The van der Waals surface area contributed by atoms with Gasteiger partial charge in [0, 0.05) is 9.52 Å². The zero-order chi connectivity index (χ0) is 36.5. The Labute approximate surface area is 318 Å².